The molecule has 2 aromatic rings. The fourth-order valence-corrected chi connectivity index (χ4v) is 6.82. The molecule has 5 rings (SSSR count). The molecule has 194 valence electrons. The highest BCUT2D eigenvalue weighted by atomic mass is 32.2. The molecule has 2 aliphatic carbocycles. The van der Waals surface area contributed by atoms with E-state index in [2.05, 4.69) is 33.0 Å². The van der Waals surface area contributed by atoms with Gasteiger partial charge >= 0.3 is 10.1 Å². The van der Waals surface area contributed by atoms with E-state index in [1.807, 2.05) is 6.92 Å². The Hall–Kier alpha value is -3.19. The van der Waals surface area contributed by atoms with E-state index < -0.39 is 16.0 Å². The molecule has 3 aliphatic rings. The lowest BCUT2D eigenvalue weighted by Crippen LogP contribution is -2.42. The maximum Gasteiger partial charge on any atom is 0.339 e. The number of dihydropyridines is 1. The Labute approximate surface area is 218 Å². The molecule has 0 spiro atoms. The molecule has 6 nitrogen and oxygen atoms in total. The van der Waals surface area contributed by atoms with Crippen LogP contribution in [0.3, 0.4) is 0 Å². The zero-order valence-corrected chi connectivity index (χ0v) is 22.8. The molecular weight excluding hydrogens is 486 g/mol. The van der Waals surface area contributed by atoms with Gasteiger partial charge in [0.1, 0.15) is 10.6 Å². The third-order valence-electron chi connectivity index (χ3n) is 7.46. The van der Waals surface area contributed by atoms with Gasteiger partial charge in [-0.3, -0.25) is 9.59 Å². The lowest BCUT2D eigenvalue weighted by molar-refractivity contribution is -0.119. The number of hydrogen-bond donors (Lipinski definition) is 1. The van der Waals surface area contributed by atoms with Gasteiger partial charge in [0.2, 0.25) is 0 Å². The predicted molar refractivity (Wildman–Crippen MR) is 141 cm³/mol. The monoisotopic (exact) mass is 519 g/mol. The van der Waals surface area contributed by atoms with E-state index in [1.165, 1.54) is 12.1 Å². The number of aryl methyl sites for hydroxylation is 1. The smallest absolute Gasteiger partial charge is 0.339 e. The van der Waals surface area contributed by atoms with Gasteiger partial charge in [-0.2, -0.15) is 8.42 Å². The number of nitrogens with one attached hydrogen (secondary N) is 1. The second-order valence-corrected chi connectivity index (χ2v) is 13.7. The number of Topliss-reactive ketones (excluding diaryl/α,β-unsaturated/α-hetero) is 2. The molecule has 1 aliphatic heterocycles. The van der Waals surface area contributed by atoms with E-state index in [1.54, 1.807) is 36.4 Å². The Kier molecular flexibility index (Phi) is 5.98. The van der Waals surface area contributed by atoms with Crippen LogP contribution >= 0.6 is 0 Å². The number of allylic oxidation sites excluding steroid dienone is 4. The molecule has 7 heteroatoms. The van der Waals surface area contributed by atoms with Crippen LogP contribution in [0.25, 0.3) is 0 Å². The van der Waals surface area contributed by atoms with Gasteiger partial charge in [-0.05, 0) is 48.8 Å². The van der Waals surface area contributed by atoms with Crippen LogP contribution in [-0.2, 0) is 19.7 Å². The summed E-state index contributed by atoms with van der Waals surface area (Å²) < 4.78 is 32.1. The van der Waals surface area contributed by atoms with Crippen molar-refractivity contribution < 1.29 is 22.2 Å². The number of hydrogen-bond acceptors (Lipinski definition) is 6. The van der Waals surface area contributed by atoms with Crippen LogP contribution in [-0.4, -0.2) is 20.0 Å². The average Bonchev–Trinajstić information content (AvgIpc) is 2.76. The van der Waals surface area contributed by atoms with Crippen molar-refractivity contribution in [1.29, 1.82) is 0 Å². The van der Waals surface area contributed by atoms with Crippen LogP contribution in [0, 0.1) is 17.8 Å². The fraction of sp³-hybridized carbons (Fsp3) is 0.400. The number of benzene rings is 2. The van der Waals surface area contributed by atoms with Gasteiger partial charge in [-0.1, -0.05) is 63.6 Å². The second kappa shape index (κ2) is 8.69. The van der Waals surface area contributed by atoms with Gasteiger partial charge in [0.15, 0.2) is 11.6 Å². The summed E-state index contributed by atoms with van der Waals surface area (Å²) in [6.45, 7) is 10.1. The Morgan fingerprint density at radius 2 is 1.30 bits per heavy atom. The Balaban J connectivity index is 1.67. The topological polar surface area (TPSA) is 89.5 Å². The average molecular weight is 520 g/mol. The van der Waals surface area contributed by atoms with Crippen LogP contribution in [0.2, 0.25) is 0 Å². The number of carbonyl (C=O) groups excluding carboxylic acids is 2. The molecular formula is C30H33NO5S. The standard InChI is InChI=1S/C30H33NO5S/c1-18-10-12-19(13-11-18)37(34,35)36-25-9-7-6-8-20(25)26-27-21(14-29(2,3)16-23(27)32)31-22-15-30(4,5)17-24(33)28(22)26/h6-13,26,31H,14-17H2,1-5H3. The van der Waals surface area contributed by atoms with Crippen molar-refractivity contribution in [3.8, 4) is 5.75 Å². The van der Waals surface area contributed by atoms with Crippen molar-refractivity contribution in [1.82, 2.24) is 5.32 Å². The summed E-state index contributed by atoms with van der Waals surface area (Å²) >= 11 is 0. The minimum Gasteiger partial charge on any atom is -0.379 e. The first kappa shape index (κ1) is 25.5. The highest BCUT2D eigenvalue weighted by Gasteiger charge is 2.47. The van der Waals surface area contributed by atoms with Crippen molar-refractivity contribution >= 4 is 21.7 Å². The zero-order chi connectivity index (χ0) is 26.8. The van der Waals surface area contributed by atoms with Crippen molar-refractivity contribution in [2.45, 2.75) is 71.1 Å². The second-order valence-electron chi connectivity index (χ2n) is 12.1. The summed E-state index contributed by atoms with van der Waals surface area (Å²) in [5, 5.41) is 3.49. The fourth-order valence-electron chi connectivity index (χ4n) is 5.87. The van der Waals surface area contributed by atoms with Crippen LogP contribution in [0.15, 0.2) is 76.0 Å². The zero-order valence-electron chi connectivity index (χ0n) is 22.0. The van der Waals surface area contributed by atoms with Gasteiger partial charge in [0, 0.05) is 46.9 Å². The van der Waals surface area contributed by atoms with E-state index in [4.69, 9.17) is 4.18 Å². The minimum atomic E-state index is -4.13. The van der Waals surface area contributed by atoms with Crippen LogP contribution in [0.1, 0.15) is 70.4 Å². The third-order valence-corrected chi connectivity index (χ3v) is 8.71. The molecule has 0 saturated heterocycles. The molecule has 1 N–H and O–H groups in total. The molecule has 0 bridgehead atoms. The first-order valence-electron chi connectivity index (χ1n) is 12.7. The van der Waals surface area contributed by atoms with Gasteiger partial charge in [0.25, 0.3) is 0 Å². The van der Waals surface area contributed by atoms with Crippen LogP contribution in [0.5, 0.6) is 5.75 Å². The summed E-state index contributed by atoms with van der Waals surface area (Å²) in [5.41, 5.74) is 3.77. The number of carbonyl (C=O) groups is 2. The summed E-state index contributed by atoms with van der Waals surface area (Å²) in [7, 11) is -4.13. The van der Waals surface area contributed by atoms with E-state index in [-0.39, 0.29) is 33.0 Å². The molecule has 2 aromatic carbocycles. The Morgan fingerprint density at radius 1 is 0.784 bits per heavy atom. The molecule has 37 heavy (non-hydrogen) atoms. The summed E-state index contributed by atoms with van der Waals surface area (Å²) in [5.74, 6) is -0.597. The highest BCUT2D eigenvalue weighted by molar-refractivity contribution is 7.87. The number of para-hydroxylation sites is 1. The first-order chi connectivity index (χ1) is 17.3. The maximum absolute atomic E-state index is 13.6. The summed E-state index contributed by atoms with van der Waals surface area (Å²) in [4.78, 5) is 27.2. The molecule has 0 aromatic heterocycles. The van der Waals surface area contributed by atoms with Gasteiger partial charge < -0.3 is 9.50 Å². The molecule has 1 heterocycles. The van der Waals surface area contributed by atoms with Crippen molar-refractivity contribution in [2.24, 2.45) is 10.8 Å². The SMILES string of the molecule is Cc1ccc(S(=O)(=O)Oc2ccccc2C2C3=C(CC(C)(C)CC3=O)NC3=C2C(=O)CC(C)(C)C3)cc1. The van der Waals surface area contributed by atoms with Crippen molar-refractivity contribution in [3.05, 3.63) is 82.2 Å². The third kappa shape index (κ3) is 4.77. The Bertz CT molecular complexity index is 1420. The molecule has 0 amide bonds. The summed E-state index contributed by atoms with van der Waals surface area (Å²) in [6.07, 6.45) is 2.05. The van der Waals surface area contributed by atoms with E-state index >= 15 is 0 Å². The van der Waals surface area contributed by atoms with Crippen LogP contribution < -0.4 is 9.50 Å². The van der Waals surface area contributed by atoms with Crippen LogP contribution in [0.4, 0.5) is 0 Å². The lowest BCUT2D eigenvalue weighted by Gasteiger charge is -2.44. The molecule has 0 unspecified atom stereocenters. The normalized spacial score (nSPS) is 21.3. The lowest BCUT2D eigenvalue weighted by atomic mass is 9.64. The number of rotatable bonds is 4. The van der Waals surface area contributed by atoms with E-state index in [0.29, 0.717) is 42.4 Å². The Morgan fingerprint density at radius 3 is 1.84 bits per heavy atom. The van der Waals surface area contributed by atoms with E-state index in [0.717, 1.165) is 17.0 Å². The maximum atomic E-state index is 13.6. The minimum absolute atomic E-state index is 0.0240. The van der Waals surface area contributed by atoms with Gasteiger partial charge in [-0.15, -0.1) is 0 Å². The molecule has 0 atom stereocenters. The largest absolute Gasteiger partial charge is 0.379 e. The predicted octanol–water partition coefficient (Wildman–Crippen LogP) is 5.74. The molecule has 0 fully saturated rings. The number of ketones is 2. The van der Waals surface area contributed by atoms with E-state index in [9.17, 15) is 18.0 Å². The highest BCUT2D eigenvalue weighted by Crippen LogP contribution is 2.52. The van der Waals surface area contributed by atoms with Gasteiger partial charge in [-0.25, -0.2) is 0 Å². The molecule has 0 radical (unpaired) electrons. The van der Waals surface area contributed by atoms with Gasteiger partial charge in [0.05, 0.1) is 0 Å². The molecule has 0 saturated carbocycles. The first-order valence-corrected chi connectivity index (χ1v) is 14.1. The summed E-state index contributed by atoms with van der Waals surface area (Å²) in [6, 6.07) is 13.3. The quantitative estimate of drug-likeness (QED) is 0.519. The van der Waals surface area contributed by atoms with Crippen molar-refractivity contribution in [2.75, 3.05) is 0 Å². The van der Waals surface area contributed by atoms with Crippen molar-refractivity contribution in [3.63, 3.8) is 0 Å².